The Morgan fingerprint density at radius 3 is 2.16 bits per heavy atom. The van der Waals surface area contributed by atoms with Gasteiger partial charge in [0.2, 0.25) is 5.91 Å². The maximum Gasteiger partial charge on any atom is 0.233 e. The number of rotatable bonds is 10. The van der Waals surface area contributed by atoms with Crippen LogP contribution in [0.4, 0.5) is 0 Å². The molecule has 1 amide bonds. The fourth-order valence-electron chi connectivity index (χ4n) is 3.53. The van der Waals surface area contributed by atoms with E-state index in [0.29, 0.717) is 18.8 Å². The van der Waals surface area contributed by atoms with Gasteiger partial charge in [0.15, 0.2) is 11.0 Å². The van der Waals surface area contributed by atoms with Crippen LogP contribution in [-0.2, 0) is 17.9 Å². The minimum atomic E-state index is 0.0734. The minimum Gasteiger partial charge on any atom is -0.341 e. The predicted octanol–water partition coefficient (Wildman–Crippen LogP) is 4.09. The first-order valence-corrected chi connectivity index (χ1v) is 11.5. The van der Waals surface area contributed by atoms with Crippen molar-refractivity contribution >= 4 is 17.7 Å². The normalized spacial score (nSPS) is 12.2. The smallest absolute Gasteiger partial charge is 0.233 e. The first-order chi connectivity index (χ1) is 15.0. The Balaban J connectivity index is 1.75. The molecule has 0 saturated heterocycles. The molecule has 3 rings (SSSR count). The molecule has 0 aliphatic carbocycles. The highest BCUT2D eigenvalue weighted by Gasteiger charge is 2.23. The maximum absolute atomic E-state index is 12.7. The zero-order valence-electron chi connectivity index (χ0n) is 18.7. The molecule has 1 atom stereocenters. The third-order valence-electron chi connectivity index (χ3n) is 5.25. The number of thioether (sulfide) groups is 1. The van der Waals surface area contributed by atoms with Crippen molar-refractivity contribution in [2.24, 2.45) is 0 Å². The van der Waals surface area contributed by atoms with Gasteiger partial charge in [-0.1, -0.05) is 79.3 Å². The molecule has 1 unspecified atom stereocenters. The average molecular weight is 438 g/mol. The van der Waals surface area contributed by atoms with Crippen LogP contribution in [0, 0.1) is 0 Å². The summed E-state index contributed by atoms with van der Waals surface area (Å²) >= 11 is 1.45. The van der Waals surface area contributed by atoms with Crippen molar-refractivity contribution in [3.8, 4) is 0 Å². The average Bonchev–Trinajstić information content (AvgIpc) is 3.15. The monoisotopic (exact) mass is 437 g/mol. The second kappa shape index (κ2) is 11.1. The van der Waals surface area contributed by atoms with Crippen LogP contribution in [0.3, 0.4) is 0 Å². The van der Waals surface area contributed by atoms with Crippen LogP contribution in [0.1, 0.15) is 36.3 Å². The lowest BCUT2D eigenvalue weighted by atomic mass is 10.2. The highest BCUT2D eigenvalue weighted by Crippen LogP contribution is 2.26. The van der Waals surface area contributed by atoms with E-state index in [4.69, 9.17) is 0 Å². The van der Waals surface area contributed by atoms with E-state index in [-0.39, 0.29) is 11.9 Å². The Hall–Kier alpha value is -2.64. The first-order valence-electron chi connectivity index (χ1n) is 10.5. The molecule has 0 aliphatic heterocycles. The molecular formula is C24H31N5OS. The molecule has 0 bridgehead atoms. The van der Waals surface area contributed by atoms with Gasteiger partial charge in [-0.05, 0) is 31.6 Å². The van der Waals surface area contributed by atoms with E-state index in [1.54, 1.807) is 4.90 Å². The molecule has 1 heterocycles. The highest BCUT2D eigenvalue weighted by atomic mass is 32.2. The Kier molecular flexibility index (Phi) is 8.26. The van der Waals surface area contributed by atoms with Crippen molar-refractivity contribution in [1.29, 1.82) is 0 Å². The lowest BCUT2D eigenvalue weighted by Gasteiger charge is -2.23. The molecular weight excluding hydrogens is 406 g/mol. The Bertz CT molecular complexity index is 959. The summed E-state index contributed by atoms with van der Waals surface area (Å²) in [6.07, 6.45) is 0.934. The van der Waals surface area contributed by atoms with Gasteiger partial charge in [0.1, 0.15) is 0 Å². The Morgan fingerprint density at radius 1 is 0.968 bits per heavy atom. The molecule has 0 N–H and O–H groups in total. The molecule has 0 aliphatic rings. The van der Waals surface area contributed by atoms with Gasteiger partial charge in [0, 0.05) is 13.6 Å². The fraction of sp³-hybridized carbons (Fsp3) is 0.375. The summed E-state index contributed by atoms with van der Waals surface area (Å²) in [5, 5.41) is 9.76. The Labute approximate surface area is 189 Å². The number of carbonyl (C=O) groups excluding carboxylic acids is 1. The summed E-state index contributed by atoms with van der Waals surface area (Å²) in [4.78, 5) is 16.7. The van der Waals surface area contributed by atoms with Crippen molar-refractivity contribution in [1.82, 2.24) is 24.6 Å². The molecule has 7 heteroatoms. The Morgan fingerprint density at radius 2 is 1.58 bits per heavy atom. The van der Waals surface area contributed by atoms with Gasteiger partial charge in [0.25, 0.3) is 0 Å². The van der Waals surface area contributed by atoms with E-state index in [1.807, 2.05) is 55.6 Å². The maximum atomic E-state index is 12.7. The summed E-state index contributed by atoms with van der Waals surface area (Å²) in [5.74, 6) is 1.34. The number of carbonyl (C=O) groups is 1. The zero-order chi connectivity index (χ0) is 22.2. The van der Waals surface area contributed by atoms with Gasteiger partial charge in [-0.15, -0.1) is 10.2 Å². The first kappa shape index (κ1) is 23.0. The largest absolute Gasteiger partial charge is 0.341 e. The molecule has 0 radical (unpaired) electrons. The predicted molar refractivity (Wildman–Crippen MR) is 126 cm³/mol. The van der Waals surface area contributed by atoms with Crippen LogP contribution in [0.15, 0.2) is 65.8 Å². The standard InChI is InChI=1S/C24H31N5OS/c1-5-21(27(2)3)23-25-26-24(29(23)17-20-14-10-7-11-15-20)31-18-22(30)28(4)16-19-12-8-6-9-13-19/h6-15,21H,5,16-18H2,1-4H3. The molecule has 1 aromatic heterocycles. The molecule has 2 aromatic carbocycles. The molecule has 6 nitrogen and oxygen atoms in total. The third-order valence-corrected chi connectivity index (χ3v) is 6.20. The van der Waals surface area contributed by atoms with Crippen LogP contribution in [0.2, 0.25) is 0 Å². The summed E-state index contributed by atoms with van der Waals surface area (Å²) < 4.78 is 2.15. The minimum absolute atomic E-state index is 0.0734. The van der Waals surface area contributed by atoms with Crippen LogP contribution in [-0.4, -0.2) is 57.4 Å². The lowest BCUT2D eigenvalue weighted by molar-refractivity contribution is -0.127. The topological polar surface area (TPSA) is 54.3 Å². The zero-order valence-corrected chi connectivity index (χ0v) is 19.5. The van der Waals surface area contributed by atoms with E-state index >= 15 is 0 Å². The number of hydrogen-bond donors (Lipinski definition) is 0. The van der Waals surface area contributed by atoms with Crippen molar-refractivity contribution in [2.45, 2.75) is 37.6 Å². The molecule has 0 spiro atoms. The number of amides is 1. The highest BCUT2D eigenvalue weighted by molar-refractivity contribution is 7.99. The van der Waals surface area contributed by atoms with Crippen LogP contribution >= 0.6 is 11.8 Å². The lowest BCUT2D eigenvalue weighted by Crippen LogP contribution is -2.28. The van der Waals surface area contributed by atoms with Gasteiger partial charge >= 0.3 is 0 Å². The number of hydrogen-bond acceptors (Lipinski definition) is 5. The summed E-state index contributed by atoms with van der Waals surface area (Å²) in [6, 6.07) is 20.5. The van der Waals surface area contributed by atoms with Gasteiger partial charge in [-0.25, -0.2) is 0 Å². The van der Waals surface area contributed by atoms with Crippen molar-refractivity contribution in [2.75, 3.05) is 26.9 Å². The summed E-state index contributed by atoms with van der Waals surface area (Å²) in [7, 11) is 5.96. The molecule has 31 heavy (non-hydrogen) atoms. The third kappa shape index (κ3) is 6.18. The number of nitrogens with zero attached hydrogens (tertiary/aromatic N) is 5. The van der Waals surface area contributed by atoms with Gasteiger partial charge in [-0.2, -0.15) is 0 Å². The number of benzene rings is 2. The fourth-order valence-corrected chi connectivity index (χ4v) is 4.41. The van der Waals surface area contributed by atoms with Crippen molar-refractivity contribution in [3.05, 3.63) is 77.6 Å². The summed E-state index contributed by atoms with van der Waals surface area (Å²) in [5.41, 5.74) is 2.31. The SMILES string of the molecule is CCC(c1nnc(SCC(=O)N(C)Cc2ccccc2)n1Cc1ccccc1)N(C)C. The van der Waals surface area contributed by atoms with E-state index in [2.05, 4.69) is 52.8 Å². The van der Waals surface area contributed by atoms with Crippen LogP contribution in [0.25, 0.3) is 0 Å². The quantitative estimate of drug-likeness (QED) is 0.447. The van der Waals surface area contributed by atoms with Gasteiger partial charge in [0.05, 0.1) is 18.3 Å². The second-order valence-electron chi connectivity index (χ2n) is 7.82. The molecule has 3 aromatic rings. The van der Waals surface area contributed by atoms with Crippen LogP contribution in [0.5, 0.6) is 0 Å². The molecule has 0 saturated carbocycles. The van der Waals surface area contributed by atoms with Gasteiger partial charge in [-0.3, -0.25) is 9.69 Å². The molecule has 164 valence electrons. The van der Waals surface area contributed by atoms with E-state index < -0.39 is 0 Å². The van der Waals surface area contributed by atoms with Gasteiger partial charge < -0.3 is 9.47 Å². The van der Waals surface area contributed by atoms with E-state index in [1.165, 1.54) is 17.3 Å². The number of aromatic nitrogens is 3. The summed E-state index contributed by atoms with van der Waals surface area (Å²) in [6.45, 7) is 3.44. The second-order valence-corrected chi connectivity index (χ2v) is 8.77. The van der Waals surface area contributed by atoms with Crippen molar-refractivity contribution < 1.29 is 4.79 Å². The van der Waals surface area contributed by atoms with Crippen LogP contribution < -0.4 is 0 Å². The molecule has 0 fully saturated rings. The van der Waals surface area contributed by atoms with E-state index in [0.717, 1.165) is 23.0 Å². The van der Waals surface area contributed by atoms with Crippen molar-refractivity contribution in [3.63, 3.8) is 0 Å². The van der Waals surface area contributed by atoms with E-state index in [9.17, 15) is 4.79 Å².